The van der Waals surface area contributed by atoms with E-state index in [4.69, 9.17) is 4.74 Å². The van der Waals surface area contributed by atoms with E-state index in [9.17, 15) is 4.79 Å². The van der Waals surface area contributed by atoms with Gasteiger partial charge < -0.3 is 10.1 Å². The molecule has 1 aromatic heterocycles. The fourth-order valence-corrected chi connectivity index (χ4v) is 2.80. The molecule has 0 fully saturated rings. The number of esters is 1. The second kappa shape index (κ2) is 7.40. The Hall–Kier alpha value is -1.88. The van der Waals surface area contributed by atoms with Crippen molar-refractivity contribution in [2.45, 2.75) is 34.2 Å². The van der Waals surface area contributed by atoms with Gasteiger partial charge in [-0.2, -0.15) is 0 Å². The minimum atomic E-state index is -0.285. The highest BCUT2D eigenvalue weighted by atomic mass is 32.1. The molecule has 0 aliphatic heterocycles. The maximum Gasteiger partial charge on any atom is 0.350 e. The number of ether oxygens (including phenoxy) is 1. The molecule has 0 aliphatic rings. The Morgan fingerprint density at radius 2 is 2.05 bits per heavy atom. The molecule has 0 unspecified atom stereocenters. The van der Waals surface area contributed by atoms with Crippen molar-refractivity contribution >= 4 is 22.4 Å². The van der Waals surface area contributed by atoms with E-state index in [1.165, 1.54) is 22.5 Å². The third kappa shape index (κ3) is 4.31. The second-order valence-electron chi connectivity index (χ2n) is 5.71. The van der Waals surface area contributed by atoms with Crippen molar-refractivity contribution in [3.63, 3.8) is 0 Å². The van der Waals surface area contributed by atoms with Gasteiger partial charge in [0.15, 0.2) is 5.13 Å². The first-order chi connectivity index (χ1) is 10.5. The average Bonchev–Trinajstić information content (AvgIpc) is 2.85. The van der Waals surface area contributed by atoms with Crippen molar-refractivity contribution in [2.75, 3.05) is 11.9 Å². The van der Waals surface area contributed by atoms with Crippen molar-refractivity contribution in [2.24, 2.45) is 5.92 Å². The number of nitrogens with zero attached hydrogens (tertiary/aromatic N) is 1. The van der Waals surface area contributed by atoms with Crippen LogP contribution in [0.4, 0.5) is 5.13 Å². The minimum Gasteiger partial charge on any atom is -0.461 e. The summed E-state index contributed by atoms with van der Waals surface area (Å²) in [7, 11) is 0. The van der Waals surface area contributed by atoms with E-state index in [2.05, 4.69) is 29.4 Å². The van der Waals surface area contributed by atoms with Crippen LogP contribution in [0, 0.1) is 19.8 Å². The number of aryl methyl sites for hydroxylation is 2. The Morgan fingerprint density at radius 1 is 1.32 bits per heavy atom. The van der Waals surface area contributed by atoms with Crippen molar-refractivity contribution in [1.29, 1.82) is 0 Å². The van der Waals surface area contributed by atoms with Gasteiger partial charge in [0.05, 0.1) is 12.3 Å². The summed E-state index contributed by atoms with van der Waals surface area (Å²) in [5.41, 5.74) is 3.17. The molecule has 0 aliphatic carbocycles. The Bertz CT molecular complexity index is 650. The summed E-state index contributed by atoms with van der Waals surface area (Å²) in [6, 6.07) is 8.21. The molecule has 0 amide bonds. The maximum absolute atomic E-state index is 12.0. The lowest BCUT2D eigenvalue weighted by molar-refractivity contribution is 0.0463. The molecule has 2 rings (SSSR count). The van der Waals surface area contributed by atoms with Crippen LogP contribution in [-0.2, 0) is 11.3 Å². The monoisotopic (exact) mass is 318 g/mol. The zero-order chi connectivity index (χ0) is 16.1. The van der Waals surface area contributed by atoms with E-state index >= 15 is 0 Å². The summed E-state index contributed by atoms with van der Waals surface area (Å²) in [6.07, 6.45) is 0. The van der Waals surface area contributed by atoms with Crippen LogP contribution in [0.2, 0.25) is 0 Å². The number of rotatable bonds is 6. The molecule has 4 nitrogen and oxygen atoms in total. The Labute approximate surface area is 135 Å². The van der Waals surface area contributed by atoms with E-state index in [0.29, 0.717) is 29.6 Å². The highest BCUT2D eigenvalue weighted by Gasteiger charge is 2.17. The molecular weight excluding hydrogens is 296 g/mol. The maximum atomic E-state index is 12.0. The first-order valence-corrected chi connectivity index (χ1v) is 8.22. The lowest BCUT2D eigenvalue weighted by Gasteiger charge is -2.06. The highest BCUT2D eigenvalue weighted by Crippen LogP contribution is 2.24. The third-order valence-corrected chi connectivity index (χ3v) is 4.32. The van der Waals surface area contributed by atoms with Gasteiger partial charge in [-0.25, -0.2) is 9.78 Å². The number of thiazole rings is 1. The molecule has 0 spiro atoms. The molecule has 118 valence electrons. The van der Waals surface area contributed by atoms with Gasteiger partial charge in [0.1, 0.15) is 4.88 Å². The van der Waals surface area contributed by atoms with Gasteiger partial charge in [-0.1, -0.05) is 49.4 Å². The zero-order valence-corrected chi connectivity index (χ0v) is 14.3. The number of nitrogens with one attached hydrogen (secondary N) is 1. The Balaban J connectivity index is 2.00. The van der Waals surface area contributed by atoms with Crippen molar-refractivity contribution < 1.29 is 9.53 Å². The van der Waals surface area contributed by atoms with Gasteiger partial charge in [-0.3, -0.25) is 0 Å². The van der Waals surface area contributed by atoms with Crippen molar-refractivity contribution in [3.8, 4) is 0 Å². The zero-order valence-electron chi connectivity index (χ0n) is 13.5. The first kappa shape index (κ1) is 16.5. The number of hydrogen-bond acceptors (Lipinski definition) is 5. The SMILES string of the molecule is Cc1ccccc1CNc1nc(C)c(C(=O)OCC(C)C)s1. The van der Waals surface area contributed by atoms with Crippen LogP contribution in [0.1, 0.15) is 40.3 Å². The molecular formula is C17H22N2O2S. The van der Waals surface area contributed by atoms with Gasteiger partial charge in [-0.05, 0) is 30.9 Å². The number of anilines is 1. The Kier molecular flexibility index (Phi) is 5.55. The Morgan fingerprint density at radius 3 is 2.73 bits per heavy atom. The van der Waals surface area contributed by atoms with E-state index in [1.807, 2.05) is 32.9 Å². The number of benzene rings is 1. The molecule has 0 saturated heterocycles. The number of aromatic nitrogens is 1. The summed E-state index contributed by atoms with van der Waals surface area (Å²) in [6.45, 7) is 9.08. The molecule has 1 heterocycles. The highest BCUT2D eigenvalue weighted by molar-refractivity contribution is 7.17. The van der Waals surface area contributed by atoms with E-state index in [-0.39, 0.29) is 5.97 Å². The van der Waals surface area contributed by atoms with Crippen LogP contribution in [-0.4, -0.2) is 17.6 Å². The number of carbonyl (C=O) groups is 1. The lowest BCUT2D eigenvalue weighted by Crippen LogP contribution is -2.09. The smallest absolute Gasteiger partial charge is 0.350 e. The summed E-state index contributed by atoms with van der Waals surface area (Å²) < 4.78 is 5.27. The van der Waals surface area contributed by atoms with Crippen LogP contribution in [0.5, 0.6) is 0 Å². The summed E-state index contributed by atoms with van der Waals surface area (Å²) in [5.74, 6) is 0.0449. The average molecular weight is 318 g/mol. The number of carbonyl (C=O) groups excluding carboxylic acids is 1. The van der Waals surface area contributed by atoms with Crippen LogP contribution >= 0.6 is 11.3 Å². The molecule has 2 aromatic rings. The van der Waals surface area contributed by atoms with Crippen LogP contribution in [0.3, 0.4) is 0 Å². The van der Waals surface area contributed by atoms with E-state index in [0.717, 1.165) is 5.13 Å². The summed E-state index contributed by atoms with van der Waals surface area (Å²) in [5, 5.41) is 4.03. The van der Waals surface area contributed by atoms with Crippen LogP contribution in [0.15, 0.2) is 24.3 Å². The molecule has 22 heavy (non-hydrogen) atoms. The molecule has 0 atom stereocenters. The van der Waals surface area contributed by atoms with Gasteiger partial charge in [0, 0.05) is 6.54 Å². The predicted octanol–water partition coefficient (Wildman–Crippen LogP) is 4.18. The standard InChI is InChI=1S/C17H22N2O2S/c1-11(2)10-21-16(20)15-13(4)19-17(22-15)18-9-14-8-6-5-7-12(14)3/h5-8,11H,9-10H2,1-4H3,(H,18,19). The lowest BCUT2D eigenvalue weighted by atomic mass is 10.1. The van der Waals surface area contributed by atoms with Gasteiger partial charge in [0.25, 0.3) is 0 Å². The fraction of sp³-hybridized carbons (Fsp3) is 0.412. The largest absolute Gasteiger partial charge is 0.461 e. The van der Waals surface area contributed by atoms with Crippen LogP contribution < -0.4 is 5.32 Å². The molecule has 0 saturated carbocycles. The van der Waals surface area contributed by atoms with Crippen molar-refractivity contribution in [1.82, 2.24) is 4.98 Å². The molecule has 0 radical (unpaired) electrons. The van der Waals surface area contributed by atoms with Gasteiger partial charge in [-0.15, -0.1) is 0 Å². The van der Waals surface area contributed by atoms with Gasteiger partial charge >= 0.3 is 5.97 Å². The molecule has 0 bridgehead atoms. The predicted molar refractivity (Wildman–Crippen MR) is 90.5 cm³/mol. The third-order valence-electron chi connectivity index (χ3n) is 3.22. The molecule has 5 heteroatoms. The second-order valence-corrected chi connectivity index (χ2v) is 6.70. The molecule has 1 N–H and O–H groups in total. The number of hydrogen-bond donors (Lipinski definition) is 1. The van der Waals surface area contributed by atoms with E-state index < -0.39 is 0 Å². The summed E-state index contributed by atoms with van der Waals surface area (Å²) in [4.78, 5) is 17.0. The topological polar surface area (TPSA) is 51.2 Å². The molecule has 1 aromatic carbocycles. The normalized spacial score (nSPS) is 10.8. The fourth-order valence-electron chi connectivity index (χ4n) is 1.95. The van der Waals surface area contributed by atoms with E-state index in [1.54, 1.807) is 0 Å². The van der Waals surface area contributed by atoms with Gasteiger partial charge in [0.2, 0.25) is 0 Å². The van der Waals surface area contributed by atoms with Crippen molar-refractivity contribution in [3.05, 3.63) is 46.0 Å². The first-order valence-electron chi connectivity index (χ1n) is 7.40. The quantitative estimate of drug-likeness (QED) is 0.812. The summed E-state index contributed by atoms with van der Waals surface area (Å²) >= 11 is 1.35. The minimum absolute atomic E-state index is 0.285. The van der Waals surface area contributed by atoms with Crippen LogP contribution in [0.25, 0.3) is 0 Å².